The van der Waals surface area contributed by atoms with Gasteiger partial charge in [-0.1, -0.05) is 30.3 Å². The lowest BCUT2D eigenvalue weighted by atomic mass is 10.0. The van der Waals surface area contributed by atoms with Crippen molar-refractivity contribution in [3.05, 3.63) is 64.7 Å². The fraction of sp³-hybridized carbons (Fsp3) is 0.320. The van der Waals surface area contributed by atoms with Crippen molar-refractivity contribution in [3.63, 3.8) is 0 Å². The molecule has 1 saturated heterocycles. The summed E-state index contributed by atoms with van der Waals surface area (Å²) in [6.07, 6.45) is 0.600. The lowest BCUT2D eigenvalue weighted by Gasteiger charge is -2.22. The highest BCUT2D eigenvalue weighted by Gasteiger charge is 2.29. The first-order valence-electron chi connectivity index (χ1n) is 10.7. The number of aliphatic carboxylic acids is 1. The second kappa shape index (κ2) is 8.13. The summed E-state index contributed by atoms with van der Waals surface area (Å²) >= 11 is 0. The van der Waals surface area contributed by atoms with Gasteiger partial charge < -0.3 is 10.0 Å². The number of rotatable bonds is 5. The largest absolute Gasteiger partial charge is 0.481 e. The SMILES string of the molecule is Cc1cc(C)c(C)c(S(=O)(=O)Nc2ccc(N3CC[C@H](C(=O)O)C3)c3ccccc23)c1C. The second-order valence-electron chi connectivity index (χ2n) is 8.64. The van der Waals surface area contributed by atoms with E-state index in [-0.39, 0.29) is 5.92 Å². The highest BCUT2D eigenvalue weighted by atomic mass is 32.2. The van der Waals surface area contributed by atoms with E-state index in [0.29, 0.717) is 30.1 Å². The molecule has 1 aliphatic heterocycles. The number of nitrogens with one attached hydrogen (secondary N) is 1. The number of carbonyl (C=O) groups is 1. The predicted molar refractivity (Wildman–Crippen MR) is 128 cm³/mol. The third-order valence-electron chi connectivity index (χ3n) is 6.59. The zero-order valence-corrected chi connectivity index (χ0v) is 19.6. The van der Waals surface area contributed by atoms with Gasteiger partial charge in [-0.05, 0) is 68.5 Å². The number of hydrogen-bond acceptors (Lipinski definition) is 4. The van der Waals surface area contributed by atoms with Gasteiger partial charge in [-0.3, -0.25) is 9.52 Å². The monoisotopic (exact) mass is 452 g/mol. The Labute approximate surface area is 188 Å². The summed E-state index contributed by atoms with van der Waals surface area (Å²) in [4.78, 5) is 13.8. The minimum Gasteiger partial charge on any atom is -0.481 e. The van der Waals surface area contributed by atoms with Gasteiger partial charge in [0.25, 0.3) is 10.0 Å². The van der Waals surface area contributed by atoms with Gasteiger partial charge >= 0.3 is 5.97 Å². The van der Waals surface area contributed by atoms with Crippen LogP contribution in [0.25, 0.3) is 10.8 Å². The van der Waals surface area contributed by atoms with Crippen LogP contribution in [-0.2, 0) is 14.8 Å². The van der Waals surface area contributed by atoms with Crippen molar-refractivity contribution in [1.29, 1.82) is 0 Å². The summed E-state index contributed by atoms with van der Waals surface area (Å²) in [6.45, 7) is 8.63. The van der Waals surface area contributed by atoms with Crippen molar-refractivity contribution in [2.75, 3.05) is 22.7 Å². The third-order valence-corrected chi connectivity index (χ3v) is 8.23. The highest BCUT2D eigenvalue weighted by Crippen LogP contribution is 2.36. The van der Waals surface area contributed by atoms with Gasteiger partial charge in [0, 0.05) is 29.5 Å². The van der Waals surface area contributed by atoms with E-state index < -0.39 is 16.0 Å². The van der Waals surface area contributed by atoms with E-state index in [1.54, 1.807) is 6.07 Å². The van der Waals surface area contributed by atoms with Crippen LogP contribution in [0.2, 0.25) is 0 Å². The number of hydrogen-bond donors (Lipinski definition) is 2. The Morgan fingerprint density at radius 3 is 2.22 bits per heavy atom. The van der Waals surface area contributed by atoms with Gasteiger partial charge in [0.05, 0.1) is 16.5 Å². The summed E-state index contributed by atoms with van der Waals surface area (Å²) in [6, 6.07) is 13.3. The van der Waals surface area contributed by atoms with E-state index >= 15 is 0 Å². The van der Waals surface area contributed by atoms with Crippen molar-refractivity contribution in [2.24, 2.45) is 5.92 Å². The van der Waals surface area contributed by atoms with Crippen molar-refractivity contribution >= 4 is 38.1 Å². The molecule has 0 unspecified atom stereocenters. The van der Waals surface area contributed by atoms with Crippen LogP contribution in [0.3, 0.4) is 0 Å². The molecular formula is C25H28N2O4S. The fourth-order valence-electron chi connectivity index (χ4n) is 4.61. The zero-order chi connectivity index (χ0) is 23.2. The van der Waals surface area contributed by atoms with Gasteiger partial charge in [0.15, 0.2) is 0 Å². The Balaban J connectivity index is 1.77. The van der Waals surface area contributed by atoms with Crippen LogP contribution in [0.4, 0.5) is 11.4 Å². The topological polar surface area (TPSA) is 86.7 Å². The molecule has 0 radical (unpaired) electrons. The Bertz CT molecular complexity index is 1310. The molecule has 168 valence electrons. The molecule has 1 heterocycles. The molecule has 0 aliphatic carbocycles. The van der Waals surface area contributed by atoms with E-state index in [0.717, 1.165) is 38.7 Å². The average molecular weight is 453 g/mol. The molecule has 1 atom stereocenters. The maximum atomic E-state index is 13.5. The predicted octanol–water partition coefficient (Wildman–Crippen LogP) is 4.79. The molecular weight excluding hydrogens is 424 g/mol. The molecule has 1 fully saturated rings. The lowest BCUT2D eigenvalue weighted by Crippen LogP contribution is -2.23. The van der Waals surface area contributed by atoms with Gasteiger partial charge in [0.2, 0.25) is 0 Å². The molecule has 0 saturated carbocycles. The van der Waals surface area contributed by atoms with Crippen LogP contribution in [0, 0.1) is 33.6 Å². The van der Waals surface area contributed by atoms with Gasteiger partial charge in [-0.2, -0.15) is 0 Å². The van der Waals surface area contributed by atoms with Gasteiger partial charge in [-0.15, -0.1) is 0 Å². The number of carboxylic acid groups (broad SMARTS) is 1. The minimum atomic E-state index is -3.80. The van der Waals surface area contributed by atoms with Crippen LogP contribution in [0.1, 0.15) is 28.7 Å². The standard InChI is InChI=1S/C25H28N2O4S/c1-15-13-16(2)18(4)24(17(15)3)32(30,31)26-22-9-10-23(21-8-6-5-7-20(21)22)27-12-11-19(14-27)25(28)29/h5-10,13,19,26H,11-12,14H2,1-4H3,(H,28,29)/t19-/m0/s1. The summed E-state index contributed by atoms with van der Waals surface area (Å²) in [5.74, 6) is -1.16. The lowest BCUT2D eigenvalue weighted by molar-refractivity contribution is -0.140. The van der Waals surface area contributed by atoms with E-state index in [2.05, 4.69) is 9.62 Å². The van der Waals surface area contributed by atoms with Crippen molar-refractivity contribution in [2.45, 2.75) is 39.0 Å². The maximum Gasteiger partial charge on any atom is 0.308 e. The van der Waals surface area contributed by atoms with Crippen molar-refractivity contribution < 1.29 is 18.3 Å². The Morgan fingerprint density at radius 1 is 1.00 bits per heavy atom. The molecule has 6 nitrogen and oxygen atoms in total. The number of fused-ring (bicyclic) bond motifs is 1. The molecule has 1 aliphatic rings. The quantitative estimate of drug-likeness (QED) is 0.582. The molecule has 2 N–H and O–H groups in total. The molecule has 32 heavy (non-hydrogen) atoms. The normalized spacial score (nSPS) is 16.5. The zero-order valence-electron chi connectivity index (χ0n) is 18.8. The second-order valence-corrected chi connectivity index (χ2v) is 10.3. The summed E-state index contributed by atoms with van der Waals surface area (Å²) in [5, 5.41) is 11.0. The number of aryl methyl sites for hydroxylation is 2. The summed E-state index contributed by atoms with van der Waals surface area (Å²) < 4.78 is 29.7. The molecule has 4 rings (SSSR count). The third kappa shape index (κ3) is 3.81. The Hall–Kier alpha value is -3.06. The maximum absolute atomic E-state index is 13.5. The van der Waals surface area contributed by atoms with Crippen molar-refractivity contribution in [3.8, 4) is 0 Å². The fourth-order valence-corrected chi connectivity index (χ4v) is 6.31. The molecule has 0 aromatic heterocycles. The van der Waals surface area contributed by atoms with Crippen LogP contribution in [-0.4, -0.2) is 32.6 Å². The molecule has 0 spiro atoms. The smallest absolute Gasteiger partial charge is 0.308 e. The average Bonchev–Trinajstić information content (AvgIpc) is 3.23. The van der Waals surface area contributed by atoms with E-state index in [9.17, 15) is 18.3 Å². The van der Waals surface area contributed by atoms with Gasteiger partial charge in [-0.25, -0.2) is 8.42 Å². The summed E-state index contributed by atoms with van der Waals surface area (Å²) in [7, 11) is -3.80. The number of anilines is 2. The molecule has 0 bridgehead atoms. The first-order chi connectivity index (χ1) is 15.1. The Kier molecular flexibility index (Phi) is 5.63. The Morgan fingerprint density at radius 2 is 1.62 bits per heavy atom. The van der Waals surface area contributed by atoms with Crippen LogP contribution >= 0.6 is 0 Å². The van der Waals surface area contributed by atoms with Crippen LogP contribution in [0.15, 0.2) is 47.4 Å². The molecule has 7 heteroatoms. The van der Waals surface area contributed by atoms with E-state index in [1.165, 1.54) is 0 Å². The number of benzene rings is 3. The number of nitrogens with zero attached hydrogens (tertiary/aromatic N) is 1. The van der Waals surface area contributed by atoms with Crippen LogP contribution < -0.4 is 9.62 Å². The van der Waals surface area contributed by atoms with Gasteiger partial charge in [0.1, 0.15) is 0 Å². The minimum absolute atomic E-state index is 0.326. The van der Waals surface area contributed by atoms with Crippen molar-refractivity contribution in [1.82, 2.24) is 0 Å². The first kappa shape index (κ1) is 22.1. The van der Waals surface area contributed by atoms with E-state index in [1.807, 2.05) is 64.1 Å². The highest BCUT2D eigenvalue weighted by molar-refractivity contribution is 7.92. The first-order valence-corrected chi connectivity index (χ1v) is 12.2. The van der Waals surface area contributed by atoms with Crippen LogP contribution in [0.5, 0.6) is 0 Å². The summed E-state index contributed by atoms with van der Waals surface area (Å²) in [5.41, 5.74) is 4.81. The molecule has 3 aromatic carbocycles. The molecule has 3 aromatic rings. The number of sulfonamides is 1. The molecule has 0 amide bonds. The van der Waals surface area contributed by atoms with E-state index in [4.69, 9.17) is 0 Å². The number of carboxylic acids is 1.